The van der Waals surface area contributed by atoms with E-state index in [1.165, 1.54) is 16.2 Å². The molecule has 5 heteroatoms. The Labute approximate surface area is 105 Å². The third-order valence-corrected chi connectivity index (χ3v) is 4.07. The molecule has 0 bridgehead atoms. The number of nitrogens with two attached hydrogens (primary N) is 1. The molecule has 0 aliphatic carbocycles. The van der Waals surface area contributed by atoms with Crippen molar-refractivity contribution in [1.29, 1.82) is 0 Å². The maximum atomic E-state index is 10.9. The number of morpholine rings is 1. The fourth-order valence-corrected chi connectivity index (χ4v) is 2.85. The van der Waals surface area contributed by atoms with Gasteiger partial charge in [-0.3, -0.25) is 9.69 Å². The summed E-state index contributed by atoms with van der Waals surface area (Å²) in [5.41, 5.74) is 5.22. The number of carbonyl (C=O) groups excluding carboxylic acids is 1. The van der Waals surface area contributed by atoms with Crippen LogP contribution in [-0.4, -0.2) is 43.7 Å². The van der Waals surface area contributed by atoms with Gasteiger partial charge in [-0.2, -0.15) is 0 Å². The number of thiophene rings is 1. The predicted molar refractivity (Wildman–Crippen MR) is 68.4 cm³/mol. The van der Waals surface area contributed by atoms with E-state index in [0.29, 0.717) is 4.88 Å². The number of aryl methyl sites for hydroxylation is 1. The molecule has 2 heterocycles. The fraction of sp³-hybridized carbons (Fsp3) is 0.583. The summed E-state index contributed by atoms with van der Waals surface area (Å²) in [5.74, 6) is -0.325. The topological polar surface area (TPSA) is 55.6 Å². The lowest BCUT2D eigenvalue weighted by molar-refractivity contribution is 0.0375. The summed E-state index contributed by atoms with van der Waals surface area (Å²) < 4.78 is 5.30. The Bertz CT molecular complexity index is 372. The molecule has 1 fully saturated rings. The van der Waals surface area contributed by atoms with Crippen LogP contribution in [0.4, 0.5) is 0 Å². The van der Waals surface area contributed by atoms with Crippen LogP contribution in [0.5, 0.6) is 0 Å². The maximum absolute atomic E-state index is 10.9. The van der Waals surface area contributed by atoms with E-state index in [4.69, 9.17) is 10.5 Å². The summed E-state index contributed by atoms with van der Waals surface area (Å²) in [5, 5.41) is 0. The van der Waals surface area contributed by atoms with Crippen molar-refractivity contribution < 1.29 is 9.53 Å². The Kier molecular flexibility index (Phi) is 4.53. The first-order valence-corrected chi connectivity index (χ1v) is 6.76. The molecule has 1 aliphatic heterocycles. The summed E-state index contributed by atoms with van der Waals surface area (Å²) in [6.45, 7) is 4.89. The molecule has 2 rings (SSSR count). The lowest BCUT2D eigenvalue weighted by Gasteiger charge is -2.26. The number of carbonyl (C=O) groups is 1. The average Bonchev–Trinajstić information content (AvgIpc) is 2.79. The third-order valence-electron chi connectivity index (χ3n) is 2.91. The van der Waals surface area contributed by atoms with Crippen molar-refractivity contribution in [2.24, 2.45) is 5.73 Å². The van der Waals surface area contributed by atoms with Crippen LogP contribution in [0.3, 0.4) is 0 Å². The van der Waals surface area contributed by atoms with Crippen molar-refractivity contribution >= 4 is 17.2 Å². The average molecular weight is 254 g/mol. The van der Waals surface area contributed by atoms with Gasteiger partial charge in [-0.25, -0.2) is 0 Å². The molecule has 94 valence electrons. The largest absolute Gasteiger partial charge is 0.379 e. The van der Waals surface area contributed by atoms with E-state index >= 15 is 0 Å². The molecule has 0 saturated carbocycles. The molecule has 1 aromatic heterocycles. The van der Waals surface area contributed by atoms with E-state index in [0.717, 1.165) is 45.7 Å². The van der Waals surface area contributed by atoms with Crippen LogP contribution in [0.15, 0.2) is 12.1 Å². The van der Waals surface area contributed by atoms with Crippen LogP contribution in [0.25, 0.3) is 0 Å². The highest BCUT2D eigenvalue weighted by atomic mass is 32.1. The molecule has 0 aromatic carbocycles. The highest BCUT2D eigenvalue weighted by molar-refractivity contribution is 7.14. The normalized spacial score (nSPS) is 17.2. The Morgan fingerprint density at radius 2 is 2.18 bits per heavy atom. The maximum Gasteiger partial charge on any atom is 0.258 e. The van der Waals surface area contributed by atoms with E-state index in [9.17, 15) is 4.79 Å². The van der Waals surface area contributed by atoms with Crippen LogP contribution in [0, 0.1) is 0 Å². The monoisotopic (exact) mass is 254 g/mol. The number of rotatable bonds is 5. The Morgan fingerprint density at radius 1 is 1.41 bits per heavy atom. The van der Waals surface area contributed by atoms with E-state index in [1.54, 1.807) is 0 Å². The number of ether oxygens (including phenoxy) is 1. The Morgan fingerprint density at radius 3 is 2.82 bits per heavy atom. The van der Waals surface area contributed by atoms with E-state index in [1.807, 2.05) is 12.1 Å². The quantitative estimate of drug-likeness (QED) is 0.856. The van der Waals surface area contributed by atoms with Gasteiger partial charge in [0.25, 0.3) is 5.91 Å². The summed E-state index contributed by atoms with van der Waals surface area (Å²) >= 11 is 1.51. The molecular formula is C12H18N2O2S. The van der Waals surface area contributed by atoms with Gasteiger partial charge in [0.15, 0.2) is 0 Å². The molecule has 0 atom stereocenters. The van der Waals surface area contributed by atoms with E-state index in [-0.39, 0.29) is 5.91 Å². The summed E-state index contributed by atoms with van der Waals surface area (Å²) in [4.78, 5) is 15.3. The van der Waals surface area contributed by atoms with Crippen LogP contribution >= 0.6 is 11.3 Å². The highest BCUT2D eigenvalue weighted by Gasteiger charge is 2.10. The Hall–Kier alpha value is -0.910. The fourth-order valence-electron chi connectivity index (χ4n) is 1.95. The van der Waals surface area contributed by atoms with Crippen molar-refractivity contribution in [3.8, 4) is 0 Å². The molecule has 1 aliphatic rings. The molecule has 0 radical (unpaired) electrons. The number of amides is 1. The van der Waals surface area contributed by atoms with Crippen LogP contribution in [-0.2, 0) is 11.2 Å². The summed E-state index contributed by atoms with van der Waals surface area (Å²) in [6.07, 6.45) is 2.15. The molecule has 1 aromatic rings. The molecule has 4 nitrogen and oxygen atoms in total. The van der Waals surface area contributed by atoms with E-state index < -0.39 is 0 Å². The number of hydrogen-bond acceptors (Lipinski definition) is 4. The second-order valence-electron chi connectivity index (χ2n) is 4.19. The zero-order valence-electron chi connectivity index (χ0n) is 9.85. The lowest BCUT2D eigenvalue weighted by atomic mass is 10.2. The minimum atomic E-state index is -0.325. The van der Waals surface area contributed by atoms with Gasteiger partial charge in [0.05, 0.1) is 18.1 Å². The minimum Gasteiger partial charge on any atom is -0.379 e. The smallest absolute Gasteiger partial charge is 0.258 e. The highest BCUT2D eigenvalue weighted by Crippen LogP contribution is 2.17. The second-order valence-corrected chi connectivity index (χ2v) is 5.36. The number of nitrogens with zero attached hydrogens (tertiary/aromatic N) is 1. The van der Waals surface area contributed by atoms with Crippen molar-refractivity contribution in [2.45, 2.75) is 12.8 Å². The van der Waals surface area contributed by atoms with Gasteiger partial charge < -0.3 is 10.5 Å². The third kappa shape index (κ3) is 3.80. The molecule has 1 amide bonds. The van der Waals surface area contributed by atoms with Gasteiger partial charge in [-0.05, 0) is 31.5 Å². The summed E-state index contributed by atoms with van der Waals surface area (Å²) in [7, 11) is 0. The van der Waals surface area contributed by atoms with Crippen molar-refractivity contribution in [1.82, 2.24) is 4.90 Å². The first kappa shape index (κ1) is 12.5. The number of primary amides is 1. The predicted octanol–water partition coefficient (Wildman–Crippen LogP) is 1.11. The SMILES string of the molecule is NC(=O)c1ccc(CCCN2CCOCC2)s1. The Balaban J connectivity index is 1.71. The van der Waals surface area contributed by atoms with Crippen LogP contribution < -0.4 is 5.73 Å². The molecule has 0 unspecified atom stereocenters. The van der Waals surface area contributed by atoms with Crippen LogP contribution in [0.1, 0.15) is 21.0 Å². The van der Waals surface area contributed by atoms with E-state index in [2.05, 4.69) is 4.90 Å². The van der Waals surface area contributed by atoms with Crippen molar-refractivity contribution in [2.75, 3.05) is 32.8 Å². The molecule has 1 saturated heterocycles. The minimum absolute atomic E-state index is 0.325. The lowest BCUT2D eigenvalue weighted by Crippen LogP contribution is -2.36. The van der Waals surface area contributed by atoms with Gasteiger partial charge in [0.2, 0.25) is 0 Å². The van der Waals surface area contributed by atoms with Crippen LogP contribution in [0.2, 0.25) is 0 Å². The van der Waals surface area contributed by atoms with Gasteiger partial charge in [0.1, 0.15) is 0 Å². The molecular weight excluding hydrogens is 236 g/mol. The zero-order chi connectivity index (χ0) is 12.1. The molecule has 17 heavy (non-hydrogen) atoms. The second kappa shape index (κ2) is 6.14. The number of hydrogen-bond donors (Lipinski definition) is 1. The first-order valence-electron chi connectivity index (χ1n) is 5.94. The van der Waals surface area contributed by atoms with Gasteiger partial charge in [-0.1, -0.05) is 0 Å². The van der Waals surface area contributed by atoms with Gasteiger partial charge in [-0.15, -0.1) is 11.3 Å². The van der Waals surface area contributed by atoms with Crippen molar-refractivity contribution in [3.05, 3.63) is 21.9 Å². The van der Waals surface area contributed by atoms with Gasteiger partial charge in [0, 0.05) is 18.0 Å². The van der Waals surface area contributed by atoms with Gasteiger partial charge >= 0.3 is 0 Å². The zero-order valence-corrected chi connectivity index (χ0v) is 10.7. The molecule has 0 spiro atoms. The molecule has 2 N–H and O–H groups in total. The standard InChI is InChI=1S/C12H18N2O2S/c13-12(15)11-4-3-10(17-11)2-1-5-14-6-8-16-9-7-14/h3-4H,1-2,5-9H2,(H2,13,15). The summed E-state index contributed by atoms with van der Waals surface area (Å²) in [6, 6.07) is 3.82. The first-order chi connectivity index (χ1) is 8.25. The van der Waals surface area contributed by atoms with Crippen molar-refractivity contribution in [3.63, 3.8) is 0 Å².